The zero-order valence-electron chi connectivity index (χ0n) is 12.1. The van der Waals surface area contributed by atoms with Crippen LogP contribution in [0.2, 0.25) is 0 Å². The van der Waals surface area contributed by atoms with Gasteiger partial charge < -0.3 is 5.32 Å². The quantitative estimate of drug-likeness (QED) is 0.779. The Morgan fingerprint density at radius 2 is 1.38 bits per heavy atom. The molecule has 0 spiro atoms. The van der Waals surface area contributed by atoms with E-state index in [4.69, 9.17) is 0 Å². The number of carbonyl (C=O) groups excluding carboxylic acids is 1. The van der Waals surface area contributed by atoms with Crippen LogP contribution in [0.15, 0.2) is 0 Å². The summed E-state index contributed by atoms with van der Waals surface area (Å²) in [6, 6.07) is 0. The molecule has 0 aromatic rings. The number of nitrogens with one attached hydrogen (secondary N) is 2. The fourth-order valence-electron chi connectivity index (χ4n) is 1.61. The SMILES string of the molecule is CCC(C)(NC(C)(C)C)C(=O)NC(C)(C)C. The highest BCUT2D eigenvalue weighted by Gasteiger charge is 2.36. The fraction of sp³-hybridized carbons (Fsp3) is 0.923. The van der Waals surface area contributed by atoms with Crippen LogP contribution < -0.4 is 10.6 Å². The highest BCUT2D eigenvalue weighted by molar-refractivity contribution is 5.86. The van der Waals surface area contributed by atoms with Crippen LogP contribution >= 0.6 is 0 Å². The average Bonchev–Trinajstić information content (AvgIpc) is 1.97. The normalized spacial score (nSPS) is 16.8. The van der Waals surface area contributed by atoms with Crippen LogP contribution in [0, 0.1) is 0 Å². The number of amides is 1. The molecule has 0 fully saturated rings. The van der Waals surface area contributed by atoms with Gasteiger partial charge >= 0.3 is 0 Å². The minimum atomic E-state index is -0.508. The molecular formula is C13H28N2O. The molecule has 0 aliphatic rings. The van der Waals surface area contributed by atoms with Gasteiger partial charge in [-0.25, -0.2) is 0 Å². The van der Waals surface area contributed by atoms with Crippen molar-refractivity contribution in [3.63, 3.8) is 0 Å². The van der Waals surface area contributed by atoms with Gasteiger partial charge in [-0.2, -0.15) is 0 Å². The van der Waals surface area contributed by atoms with Crippen LogP contribution in [0.25, 0.3) is 0 Å². The van der Waals surface area contributed by atoms with Crippen molar-refractivity contribution < 1.29 is 4.79 Å². The van der Waals surface area contributed by atoms with Gasteiger partial charge in [-0.05, 0) is 54.9 Å². The van der Waals surface area contributed by atoms with Crippen molar-refractivity contribution in [3.05, 3.63) is 0 Å². The molecule has 16 heavy (non-hydrogen) atoms. The molecule has 2 N–H and O–H groups in total. The van der Waals surface area contributed by atoms with E-state index in [2.05, 4.69) is 31.4 Å². The lowest BCUT2D eigenvalue weighted by Gasteiger charge is -2.38. The van der Waals surface area contributed by atoms with E-state index in [1.165, 1.54) is 0 Å². The molecule has 3 nitrogen and oxygen atoms in total. The van der Waals surface area contributed by atoms with Crippen LogP contribution in [0.4, 0.5) is 0 Å². The number of hydrogen-bond acceptors (Lipinski definition) is 2. The number of carbonyl (C=O) groups is 1. The molecule has 1 amide bonds. The van der Waals surface area contributed by atoms with Gasteiger partial charge in [0.25, 0.3) is 0 Å². The van der Waals surface area contributed by atoms with E-state index in [-0.39, 0.29) is 17.0 Å². The molecule has 0 radical (unpaired) electrons. The van der Waals surface area contributed by atoms with E-state index < -0.39 is 5.54 Å². The first kappa shape index (κ1) is 15.4. The summed E-state index contributed by atoms with van der Waals surface area (Å²) in [6.07, 6.45) is 0.770. The monoisotopic (exact) mass is 228 g/mol. The Kier molecular flexibility index (Phi) is 4.57. The Labute approximate surface area is 100 Å². The number of rotatable bonds is 3. The van der Waals surface area contributed by atoms with Crippen molar-refractivity contribution in [2.75, 3.05) is 0 Å². The topological polar surface area (TPSA) is 41.1 Å². The Balaban J connectivity index is 4.77. The van der Waals surface area contributed by atoms with Gasteiger partial charge in [0.15, 0.2) is 0 Å². The van der Waals surface area contributed by atoms with Crippen molar-refractivity contribution >= 4 is 5.91 Å². The molecular weight excluding hydrogens is 200 g/mol. The third-order valence-corrected chi connectivity index (χ3v) is 2.35. The average molecular weight is 228 g/mol. The zero-order chi connectivity index (χ0) is 13.2. The summed E-state index contributed by atoms with van der Waals surface area (Å²) in [7, 11) is 0. The summed E-state index contributed by atoms with van der Waals surface area (Å²) in [5.41, 5.74) is -0.765. The van der Waals surface area contributed by atoms with Crippen LogP contribution in [0.5, 0.6) is 0 Å². The minimum absolute atomic E-state index is 0.0671. The summed E-state index contributed by atoms with van der Waals surface area (Å²) in [5, 5.41) is 6.42. The molecule has 0 heterocycles. The van der Waals surface area contributed by atoms with Gasteiger partial charge in [-0.15, -0.1) is 0 Å². The van der Waals surface area contributed by atoms with E-state index >= 15 is 0 Å². The van der Waals surface area contributed by atoms with Gasteiger partial charge in [0.2, 0.25) is 5.91 Å². The molecule has 3 heteroatoms. The maximum absolute atomic E-state index is 12.2. The first-order valence-corrected chi connectivity index (χ1v) is 6.01. The molecule has 0 bridgehead atoms. The van der Waals surface area contributed by atoms with Gasteiger partial charge in [0.1, 0.15) is 0 Å². The molecule has 96 valence electrons. The van der Waals surface area contributed by atoms with E-state index in [1.54, 1.807) is 0 Å². The van der Waals surface area contributed by atoms with E-state index in [0.717, 1.165) is 6.42 Å². The molecule has 1 atom stereocenters. The number of hydrogen-bond donors (Lipinski definition) is 2. The van der Waals surface area contributed by atoms with Gasteiger partial charge in [-0.3, -0.25) is 10.1 Å². The molecule has 0 aromatic carbocycles. The van der Waals surface area contributed by atoms with E-state index in [9.17, 15) is 4.79 Å². The predicted octanol–water partition coefficient (Wildman–Crippen LogP) is 2.46. The molecule has 1 unspecified atom stereocenters. The first-order chi connectivity index (χ1) is 6.90. The van der Waals surface area contributed by atoms with E-state index in [1.807, 2.05) is 34.6 Å². The van der Waals surface area contributed by atoms with Gasteiger partial charge in [-0.1, -0.05) is 6.92 Å². The van der Waals surface area contributed by atoms with Crippen molar-refractivity contribution in [2.24, 2.45) is 0 Å². The molecule has 0 aromatic heterocycles. The fourth-order valence-corrected chi connectivity index (χ4v) is 1.61. The smallest absolute Gasteiger partial charge is 0.240 e. The second-order valence-corrected chi connectivity index (χ2v) is 6.76. The van der Waals surface area contributed by atoms with Crippen LogP contribution in [-0.4, -0.2) is 22.5 Å². The Hall–Kier alpha value is -0.570. The Morgan fingerprint density at radius 1 is 0.938 bits per heavy atom. The molecule has 0 aliphatic carbocycles. The summed E-state index contributed by atoms with van der Waals surface area (Å²) in [6.45, 7) is 16.2. The van der Waals surface area contributed by atoms with E-state index in [0.29, 0.717) is 0 Å². The summed E-state index contributed by atoms with van der Waals surface area (Å²) in [5.74, 6) is 0.0671. The summed E-state index contributed by atoms with van der Waals surface area (Å²) in [4.78, 5) is 12.2. The Morgan fingerprint density at radius 3 is 1.62 bits per heavy atom. The van der Waals surface area contributed by atoms with Crippen LogP contribution in [0.3, 0.4) is 0 Å². The lowest BCUT2D eigenvalue weighted by Crippen LogP contribution is -2.62. The standard InChI is InChI=1S/C13H28N2O/c1-9-13(8,15-12(5,6)7)10(16)14-11(2,3)4/h15H,9H2,1-8H3,(H,14,16). The predicted molar refractivity (Wildman–Crippen MR) is 69.5 cm³/mol. The second kappa shape index (κ2) is 4.74. The lowest BCUT2D eigenvalue weighted by molar-refractivity contribution is -0.129. The molecule has 0 aliphatic heterocycles. The van der Waals surface area contributed by atoms with Crippen LogP contribution in [-0.2, 0) is 4.79 Å². The third-order valence-electron chi connectivity index (χ3n) is 2.35. The second-order valence-electron chi connectivity index (χ2n) is 6.76. The molecule has 0 saturated heterocycles. The molecule has 0 saturated carbocycles. The van der Waals surface area contributed by atoms with Gasteiger partial charge in [0.05, 0.1) is 5.54 Å². The molecule has 0 rings (SSSR count). The highest BCUT2D eigenvalue weighted by atomic mass is 16.2. The minimum Gasteiger partial charge on any atom is -0.350 e. The van der Waals surface area contributed by atoms with Crippen molar-refractivity contribution in [1.29, 1.82) is 0 Å². The largest absolute Gasteiger partial charge is 0.350 e. The van der Waals surface area contributed by atoms with Crippen molar-refractivity contribution in [1.82, 2.24) is 10.6 Å². The Bertz CT molecular complexity index is 248. The summed E-state index contributed by atoms with van der Waals surface area (Å²) < 4.78 is 0. The zero-order valence-corrected chi connectivity index (χ0v) is 12.1. The lowest BCUT2D eigenvalue weighted by atomic mass is 9.92. The summed E-state index contributed by atoms with van der Waals surface area (Å²) >= 11 is 0. The highest BCUT2D eigenvalue weighted by Crippen LogP contribution is 2.16. The maximum Gasteiger partial charge on any atom is 0.240 e. The van der Waals surface area contributed by atoms with Crippen LogP contribution in [0.1, 0.15) is 61.8 Å². The third kappa shape index (κ3) is 5.50. The van der Waals surface area contributed by atoms with Gasteiger partial charge in [0, 0.05) is 11.1 Å². The van der Waals surface area contributed by atoms with Crippen molar-refractivity contribution in [2.45, 2.75) is 78.4 Å². The first-order valence-electron chi connectivity index (χ1n) is 6.01. The van der Waals surface area contributed by atoms with Crippen molar-refractivity contribution in [3.8, 4) is 0 Å². The maximum atomic E-state index is 12.2.